The van der Waals surface area contributed by atoms with Gasteiger partial charge in [0.25, 0.3) is 0 Å². The summed E-state index contributed by atoms with van der Waals surface area (Å²) in [5.74, 6) is -4.48. The lowest BCUT2D eigenvalue weighted by Crippen LogP contribution is -2.36. The first-order chi connectivity index (χ1) is 11.0. The Bertz CT molecular complexity index is 681. The molecule has 2 rings (SSSR count). The molecule has 2 aromatic carbocycles. The SMILES string of the molecule is O=C(NCC(O)Cc1ccccc1)Nc1ccc(F)c(F)c1F. The molecule has 122 valence electrons. The fourth-order valence-corrected chi connectivity index (χ4v) is 1.96. The molecule has 23 heavy (non-hydrogen) atoms. The second-order valence-electron chi connectivity index (χ2n) is 4.90. The second kappa shape index (κ2) is 7.64. The Morgan fingerprint density at radius 1 is 1.04 bits per heavy atom. The number of halogens is 3. The fourth-order valence-electron chi connectivity index (χ4n) is 1.96. The second-order valence-corrected chi connectivity index (χ2v) is 4.90. The van der Waals surface area contributed by atoms with Gasteiger partial charge in [-0.05, 0) is 17.7 Å². The Kier molecular flexibility index (Phi) is 5.59. The van der Waals surface area contributed by atoms with Gasteiger partial charge in [0, 0.05) is 13.0 Å². The average molecular weight is 324 g/mol. The van der Waals surface area contributed by atoms with E-state index in [1.54, 1.807) is 0 Å². The molecule has 0 aliphatic carbocycles. The van der Waals surface area contributed by atoms with Gasteiger partial charge in [0.05, 0.1) is 11.8 Å². The zero-order valence-corrected chi connectivity index (χ0v) is 12.0. The van der Waals surface area contributed by atoms with Crippen LogP contribution in [0.5, 0.6) is 0 Å². The Morgan fingerprint density at radius 2 is 1.74 bits per heavy atom. The van der Waals surface area contributed by atoms with E-state index >= 15 is 0 Å². The van der Waals surface area contributed by atoms with Gasteiger partial charge in [-0.3, -0.25) is 0 Å². The molecule has 0 heterocycles. The van der Waals surface area contributed by atoms with E-state index in [0.29, 0.717) is 12.5 Å². The van der Waals surface area contributed by atoms with Crippen LogP contribution < -0.4 is 10.6 Å². The van der Waals surface area contributed by atoms with Gasteiger partial charge in [-0.15, -0.1) is 0 Å². The maximum Gasteiger partial charge on any atom is 0.319 e. The van der Waals surface area contributed by atoms with Gasteiger partial charge in [-0.1, -0.05) is 30.3 Å². The van der Waals surface area contributed by atoms with Gasteiger partial charge < -0.3 is 15.7 Å². The molecule has 3 N–H and O–H groups in total. The highest BCUT2D eigenvalue weighted by Gasteiger charge is 2.15. The van der Waals surface area contributed by atoms with Crippen LogP contribution in [0.4, 0.5) is 23.7 Å². The van der Waals surface area contributed by atoms with E-state index < -0.39 is 35.3 Å². The van der Waals surface area contributed by atoms with Crippen molar-refractivity contribution in [2.45, 2.75) is 12.5 Å². The molecule has 1 unspecified atom stereocenters. The van der Waals surface area contributed by atoms with Crippen LogP contribution in [0.25, 0.3) is 0 Å². The number of amides is 2. The van der Waals surface area contributed by atoms with Crippen molar-refractivity contribution in [1.29, 1.82) is 0 Å². The van der Waals surface area contributed by atoms with Gasteiger partial charge in [-0.25, -0.2) is 18.0 Å². The lowest BCUT2D eigenvalue weighted by atomic mass is 10.1. The highest BCUT2D eigenvalue weighted by atomic mass is 19.2. The van der Waals surface area contributed by atoms with Gasteiger partial charge in [0.1, 0.15) is 0 Å². The standard InChI is InChI=1S/C16H15F3N2O2/c17-12-6-7-13(15(19)14(12)18)21-16(23)20-9-11(22)8-10-4-2-1-3-5-10/h1-7,11,22H,8-9H2,(H2,20,21,23). The first-order valence-electron chi connectivity index (χ1n) is 6.87. The van der Waals surface area contributed by atoms with Gasteiger partial charge in [0.15, 0.2) is 17.5 Å². The molecule has 0 saturated carbocycles. The Labute approximate surface area is 131 Å². The summed E-state index contributed by atoms with van der Waals surface area (Å²) in [4.78, 5) is 11.6. The molecule has 2 amide bonds. The number of urea groups is 1. The third-order valence-electron chi connectivity index (χ3n) is 3.10. The van der Waals surface area contributed by atoms with E-state index in [0.717, 1.165) is 11.6 Å². The Hall–Kier alpha value is -2.54. The predicted molar refractivity (Wildman–Crippen MR) is 79.5 cm³/mol. The van der Waals surface area contributed by atoms with E-state index in [1.165, 1.54) is 0 Å². The largest absolute Gasteiger partial charge is 0.391 e. The molecule has 0 bridgehead atoms. The number of hydrogen-bond acceptors (Lipinski definition) is 2. The van der Waals surface area contributed by atoms with Crippen molar-refractivity contribution in [3.63, 3.8) is 0 Å². The van der Waals surface area contributed by atoms with Crippen molar-refractivity contribution in [2.24, 2.45) is 0 Å². The third-order valence-corrected chi connectivity index (χ3v) is 3.10. The molecule has 0 spiro atoms. The predicted octanol–water partition coefficient (Wildman–Crippen LogP) is 2.83. The van der Waals surface area contributed by atoms with Gasteiger partial charge >= 0.3 is 6.03 Å². The molecule has 0 saturated heterocycles. The summed E-state index contributed by atoms with van der Waals surface area (Å²) in [7, 11) is 0. The van der Waals surface area contributed by atoms with Gasteiger partial charge in [0.2, 0.25) is 0 Å². The van der Waals surface area contributed by atoms with E-state index in [9.17, 15) is 23.1 Å². The number of aliphatic hydroxyl groups is 1. The first-order valence-corrected chi connectivity index (χ1v) is 6.87. The van der Waals surface area contributed by atoms with Crippen LogP contribution in [0, 0.1) is 17.5 Å². The minimum absolute atomic E-state index is 0.0774. The maximum absolute atomic E-state index is 13.4. The number of carbonyl (C=O) groups excluding carboxylic acids is 1. The van der Waals surface area contributed by atoms with Crippen molar-refractivity contribution in [2.75, 3.05) is 11.9 Å². The number of hydrogen-bond donors (Lipinski definition) is 3. The molecule has 1 atom stereocenters. The minimum Gasteiger partial charge on any atom is -0.391 e. The summed E-state index contributed by atoms with van der Waals surface area (Å²) in [5, 5.41) is 14.2. The maximum atomic E-state index is 13.4. The smallest absolute Gasteiger partial charge is 0.319 e. The lowest BCUT2D eigenvalue weighted by Gasteiger charge is -2.13. The zero-order valence-electron chi connectivity index (χ0n) is 12.0. The minimum atomic E-state index is -1.66. The number of nitrogens with one attached hydrogen (secondary N) is 2. The molecule has 0 aliphatic rings. The molecule has 2 aromatic rings. The highest BCUT2D eigenvalue weighted by Crippen LogP contribution is 2.19. The number of rotatable bonds is 5. The normalized spacial score (nSPS) is 11.8. The van der Waals surface area contributed by atoms with Crippen molar-refractivity contribution in [1.82, 2.24) is 5.32 Å². The number of aliphatic hydroxyl groups excluding tert-OH is 1. The number of anilines is 1. The molecule has 0 fully saturated rings. The summed E-state index contributed by atoms with van der Waals surface area (Å²) in [6.45, 7) is -0.0774. The quantitative estimate of drug-likeness (QED) is 0.741. The van der Waals surface area contributed by atoms with E-state index in [1.807, 2.05) is 30.3 Å². The van der Waals surface area contributed by atoms with Crippen LogP contribution in [-0.4, -0.2) is 23.8 Å². The topological polar surface area (TPSA) is 61.4 Å². The molecule has 0 aliphatic heterocycles. The summed E-state index contributed by atoms with van der Waals surface area (Å²) in [5.41, 5.74) is 0.410. The van der Waals surface area contributed by atoms with Crippen LogP contribution in [0.2, 0.25) is 0 Å². The third kappa shape index (κ3) is 4.72. The molecular weight excluding hydrogens is 309 g/mol. The van der Waals surface area contributed by atoms with Crippen molar-refractivity contribution in [3.8, 4) is 0 Å². The summed E-state index contributed by atoms with van der Waals surface area (Å²) in [6.07, 6.45) is -0.501. The number of carbonyl (C=O) groups is 1. The molecule has 0 radical (unpaired) electrons. The van der Waals surface area contributed by atoms with Crippen LogP contribution >= 0.6 is 0 Å². The zero-order chi connectivity index (χ0) is 16.8. The Balaban J connectivity index is 1.84. The van der Waals surface area contributed by atoms with Crippen LogP contribution in [0.15, 0.2) is 42.5 Å². The monoisotopic (exact) mass is 324 g/mol. The molecule has 0 aromatic heterocycles. The van der Waals surface area contributed by atoms with E-state index in [-0.39, 0.29) is 6.54 Å². The summed E-state index contributed by atoms with van der Waals surface area (Å²) in [6, 6.07) is 9.95. The van der Waals surface area contributed by atoms with Crippen molar-refractivity contribution in [3.05, 3.63) is 65.5 Å². The fraction of sp³-hybridized carbons (Fsp3) is 0.188. The average Bonchev–Trinajstić information content (AvgIpc) is 2.54. The summed E-state index contributed by atoms with van der Waals surface area (Å²) >= 11 is 0. The van der Waals surface area contributed by atoms with E-state index in [2.05, 4.69) is 10.6 Å². The number of benzene rings is 2. The van der Waals surface area contributed by atoms with Crippen LogP contribution in [0.1, 0.15) is 5.56 Å². The Morgan fingerprint density at radius 3 is 2.43 bits per heavy atom. The summed E-state index contributed by atoms with van der Waals surface area (Å²) < 4.78 is 39.2. The van der Waals surface area contributed by atoms with Crippen LogP contribution in [-0.2, 0) is 6.42 Å². The lowest BCUT2D eigenvalue weighted by molar-refractivity contribution is 0.172. The van der Waals surface area contributed by atoms with Crippen molar-refractivity contribution >= 4 is 11.7 Å². The highest BCUT2D eigenvalue weighted by molar-refractivity contribution is 5.89. The molecular formula is C16H15F3N2O2. The van der Waals surface area contributed by atoms with Crippen LogP contribution in [0.3, 0.4) is 0 Å². The first kappa shape index (κ1) is 16.8. The van der Waals surface area contributed by atoms with Crippen molar-refractivity contribution < 1.29 is 23.1 Å². The van der Waals surface area contributed by atoms with Gasteiger partial charge in [-0.2, -0.15) is 0 Å². The molecule has 7 heteroatoms. The van der Waals surface area contributed by atoms with E-state index in [4.69, 9.17) is 0 Å². The molecule has 4 nitrogen and oxygen atoms in total.